The maximum Gasteiger partial charge on any atom is 0.248 e. The number of nitrogens with two attached hydrogens (primary N) is 1. The number of hydrogen-bond acceptors (Lipinski definition) is 6. The number of anilines is 1. The van der Waals surface area contributed by atoms with Gasteiger partial charge in [0.15, 0.2) is 0 Å². The van der Waals surface area contributed by atoms with Crippen LogP contribution in [-0.2, 0) is 0 Å². The monoisotopic (exact) mass is 553 g/mol. The highest BCUT2D eigenvalue weighted by Gasteiger charge is 2.14. The van der Waals surface area contributed by atoms with Gasteiger partial charge in [0.25, 0.3) is 0 Å². The third kappa shape index (κ3) is 9.75. The number of carbonyl (C=O) groups excluding carboxylic acids is 1. The van der Waals surface area contributed by atoms with E-state index in [-0.39, 0.29) is 6.13 Å². The summed E-state index contributed by atoms with van der Waals surface area (Å²) in [6.45, 7) is 12.5. The lowest BCUT2D eigenvalue weighted by molar-refractivity contribution is 0.0999. The average Bonchev–Trinajstić information content (AvgIpc) is 2.94. The summed E-state index contributed by atoms with van der Waals surface area (Å²) >= 11 is 0. The van der Waals surface area contributed by atoms with E-state index < -0.39 is 5.91 Å². The molecule has 8 heteroatoms. The number of likely N-dealkylation sites (tertiary alicyclic amines) is 1. The predicted molar refractivity (Wildman–Crippen MR) is 168 cm³/mol. The van der Waals surface area contributed by atoms with Crippen LogP contribution in [0.25, 0.3) is 11.3 Å². The number of nitrogens with zero attached hydrogens (tertiary/aromatic N) is 2. The van der Waals surface area contributed by atoms with Gasteiger partial charge in [0.2, 0.25) is 5.91 Å². The van der Waals surface area contributed by atoms with Gasteiger partial charge in [-0.2, -0.15) is 0 Å². The van der Waals surface area contributed by atoms with Crippen molar-refractivity contribution in [1.29, 1.82) is 5.41 Å². The molecular formula is C32H48FN5O2. The zero-order chi connectivity index (χ0) is 28.9. The molecule has 2 heterocycles. The molecule has 1 aliphatic rings. The highest BCUT2D eigenvalue weighted by Crippen LogP contribution is 2.29. The number of nitrogens with one attached hydrogen (secondary N) is 2. The molecule has 40 heavy (non-hydrogen) atoms. The van der Waals surface area contributed by atoms with Crippen LogP contribution in [0, 0.1) is 18.3 Å². The van der Waals surface area contributed by atoms with Crippen LogP contribution in [0.3, 0.4) is 0 Å². The minimum Gasteiger partial charge on any atom is -0.457 e. The molecule has 1 fully saturated rings. The molecule has 4 rings (SSSR count). The molecule has 0 spiro atoms. The van der Waals surface area contributed by atoms with Crippen molar-refractivity contribution in [2.75, 3.05) is 32.5 Å². The number of rotatable bonds is 7. The molecule has 2 aromatic carbocycles. The van der Waals surface area contributed by atoms with E-state index in [1.54, 1.807) is 25.3 Å². The highest BCUT2D eigenvalue weighted by molar-refractivity contribution is 6.01. The van der Waals surface area contributed by atoms with Crippen LogP contribution in [0.5, 0.6) is 11.5 Å². The van der Waals surface area contributed by atoms with Crippen LogP contribution in [0.2, 0.25) is 0 Å². The first kappa shape index (κ1) is 34.2. The van der Waals surface area contributed by atoms with Gasteiger partial charge in [0, 0.05) is 61.4 Å². The Bertz CT molecular complexity index is 1250. The summed E-state index contributed by atoms with van der Waals surface area (Å²) in [5.74, 6) is 1.84. The van der Waals surface area contributed by atoms with Gasteiger partial charge in [0.05, 0.1) is 5.69 Å². The number of benzene rings is 2. The van der Waals surface area contributed by atoms with E-state index in [0.29, 0.717) is 22.8 Å². The topological polar surface area (TPSA) is 104 Å². The molecule has 220 valence electrons. The van der Waals surface area contributed by atoms with Crippen LogP contribution < -0.4 is 15.8 Å². The molecule has 0 aliphatic carbocycles. The summed E-state index contributed by atoms with van der Waals surface area (Å²) in [4.78, 5) is 18.3. The van der Waals surface area contributed by atoms with Crippen LogP contribution >= 0.6 is 0 Å². The predicted octanol–water partition coefficient (Wildman–Crippen LogP) is 7.54. The van der Waals surface area contributed by atoms with Crippen LogP contribution in [0.4, 0.5) is 10.4 Å². The number of aryl methyl sites for hydroxylation is 1. The number of halogens is 1. The number of carbonyl (C=O) groups is 1. The van der Waals surface area contributed by atoms with Gasteiger partial charge in [0.1, 0.15) is 11.5 Å². The fourth-order valence-corrected chi connectivity index (χ4v) is 4.60. The van der Waals surface area contributed by atoms with Crippen molar-refractivity contribution in [2.24, 2.45) is 11.7 Å². The van der Waals surface area contributed by atoms with Crippen molar-refractivity contribution >= 4 is 17.3 Å². The SMILES string of the molecule is CC.CC[C@H]1CCCN(C)C1.CNc1cc(Oc2ccnc(-c3ccc(C(N)=O)c(C)c3)c2)ccc1C(C)=N.F.[HH]. The number of ether oxygens (including phenoxy) is 1. The first-order valence-electron chi connectivity index (χ1n) is 13.8. The molecule has 0 saturated carbocycles. The zero-order valence-corrected chi connectivity index (χ0v) is 25.0. The highest BCUT2D eigenvalue weighted by atomic mass is 19.0. The molecule has 7 nitrogen and oxygen atoms in total. The van der Waals surface area contributed by atoms with Crippen molar-refractivity contribution in [3.63, 3.8) is 0 Å². The van der Waals surface area contributed by atoms with Gasteiger partial charge in [-0.05, 0) is 82.1 Å². The summed E-state index contributed by atoms with van der Waals surface area (Å²) in [6.07, 6.45) is 5.91. The summed E-state index contributed by atoms with van der Waals surface area (Å²) < 4.78 is 5.99. The largest absolute Gasteiger partial charge is 0.457 e. The van der Waals surface area contributed by atoms with E-state index in [4.69, 9.17) is 15.9 Å². The molecule has 1 atom stereocenters. The normalized spacial score (nSPS) is 14.3. The smallest absolute Gasteiger partial charge is 0.248 e. The lowest BCUT2D eigenvalue weighted by Crippen LogP contribution is -2.31. The quantitative estimate of drug-likeness (QED) is 0.262. The van der Waals surface area contributed by atoms with Crippen LogP contribution in [0.1, 0.15) is 69.9 Å². The minimum absolute atomic E-state index is 0. The van der Waals surface area contributed by atoms with E-state index in [2.05, 4.69) is 29.2 Å². The second-order valence-corrected chi connectivity index (χ2v) is 9.63. The van der Waals surface area contributed by atoms with Crippen molar-refractivity contribution in [3.8, 4) is 22.8 Å². The Kier molecular flexibility index (Phi) is 14.6. The van der Waals surface area contributed by atoms with E-state index >= 15 is 0 Å². The average molecular weight is 554 g/mol. The van der Waals surface area contributed by atoms with Gasteiger partial charge in [-0.15, -0.1) is 0 Å². The number of pyridine rings is 1. The molecule has 0 unspecified atom stereocenters. The molecule has 1 aromatic heterocycles. The Labute approximate surface area is 240 Å². The summed E-state index contributed by atoms with van der Waals surface area (Å²) in [6, 6.07) is 14.6. The molecule has 1 aliphatic heterocycles. The van der Waals surface area contributed by atoms with E-state index in [0.717, 1.165) is 34.0 Å². The number of amides is 1. The van der Waals surface area contributed by atoms with Gasteiger partial charge in [-0.25, -0.2) is 0 Å². The molecule has 0 radical (unpaired) electrons. The summed E-state index contributed by atoms with van der Waals surface area (Å²) in [5, 5.41) is 10.9. The van der Waals surface area contributed by atoms with Crippen LogP contribution in [0.15, 0.2) is 54.7 Å². The molecule has 1 amide bonds. The van der Waals surface area contributed by atoms with E-state index in [9.17, 15) is 4.79 Å². The fraction of sp³-hybridized carbons (Fsp3) is 0.406. The minimum atomic E-state index is -0.446. The van der Waals surface area contributed by atoms with Crippen molar-refractivity contribution in [3.05, 3.63) is 71.4 Å². The third-order valence-electron chi connectivity index (χ3n) is 6.72. The number of piperidine rings is 1. The van der Waals surface area contributed by atoms with Crippen LogP contribution in [-0.4, -0.2) is 48.7 Å². The molecule has 3 aromatic rings. The Hall–Kier alpha value is -3.78. The molecular weight excluding hydrogens is 505 g/mol. The second-order valence-electron chi connectivity index (χ2n) is 9.63. The number of aromatic nitrogens is 1. The lowest BCUT2D eigenvalue weighted by Gasteiger charge is -2.28. The van der Waals surface area contributed by atoms with Gasteiger partial charge >= 0.3 is 0 Å². The Morgan fingerprint density at radius 2 is 1.82 bits per heavy atom. The van der Waals surface area contributed by atoms with Gasteiger partial charge in [-0.1, -0.05) is 33.3 Å². The summed E-state index contributed by atoms with van der Waals surface area (Å²) in [7, 11) is 4.04. The van der Waals surface area contributed by atoms with E-state index in [1.165, 1.54) is 32.4 Å². The standard InChI is InChI=1S/C22H22N4O2.C8H17N.C2H6.FH.H2/c1-13-10-15(4-6-18(13)22(24)27)20-11-17(8-9-26-20)28-16-5-7-19(14(2)23)21(12-16)25-3;1-3-8-5-4-6-9(2)7-8;1-2;;/h4-12,23,25H,1-3H3,(H2,24,27);8H,3-7H2,1-2H3;1-2H3;2*1H/t;8-;;;/m.0.../s1. The zero-order valence-electron chi connectivity index (χ0n) is 25.0. The summed E-state index contributed by atoms with van der Waals surface area (Å²) in [5.41, 5.74) is 10.4. The van der Waals surface area contributed by atoms with E-state index in [1.807, 2.05) is 64.2 Å². The number of hydrogen-bond donors (Lipinski definition) is 3. The van der Waals surface area contributed by atoms with Gasteiger partial charge < -0.3 is 26.1 Å². The second kappa shape index (κ2) is 17.0. The fourth-order valence-electron chi connectivity index (χ4n) is 4.60. The Morgan fingerprint density at radius 1 is 1.15 bits per heavy atom. The Morgan fingerprint density at radius 3 is 2.38 bits per heavy atom. The maximum atomic E-state index is 11.4. The third-order valence-corrected chi connectivity index (χ3v) is 6.72. The van der Waals surface area contributed by atoms with Crippen molar-refractivity contribution in [2.45, 2.75) is 53.9 Å². The first-order chi connectivity index (χ1) is 18.7. The van der Waals surface area contributed by atoms with Gasteiger partial charge in [-0.3, -0.25) is 14.5 Å². The molecule has 1 saturated heterocycles. The number of primary amides is 1. The maximum absolute atomic E-state index is 11.4. The lowest BCUT2D eigenvalue weighted by atomic mass is 9.96. The first-order valence-corrected chi connectivity index (χ1v) is 13.8. The molecule has 0 bridgehead atoms. The molecule has 4 N–H and O–H groups in total. The van der Waals surface area contributed by atoms with Crippen molar-refractivity contribution < 1.29 is 15.7 Å². The van der Waals surface area contributed by atoms with Crippen molar-refractivity contribution in [1.82, 2.24) is 9.88 Å². The Balaban J connectivity index is 0.00000105.